The van der Waals surface area contributed by atoms with Gasteiger partial charge in [-0.25, -0.2) is 14.3 Å². The zero-order chi connectivity index (χ0) is 22.5. The van der Waals surface area contributed by atoms with Gasteiger partial charge in [0, 0.05) is 38.5 Å². The minimum Gasteiger partial charge on any atom is -0.368 e. The molecular weight excluding hydrogens is 420 g/mol. The molecule has 2 unspecified atom stereocenters. The molecule has 6 rings (SSSR count). The van der Waals surface area contributed by atoms with Gasteiger partial charge in [0.05, 0.1) is 29.0 Å². The van der Waals surface area contributed by atoms with Gasteiger partial charge in [-0.2, -0.15) is 5.10 Å². The highest BCUT2D eigenvalue weighted by atomic mass is 16.5. The van der Waals surface area contributed by atoms with Gasteiger partial charge >= 0.3 is 5.69 Å². The maximum atomic E-state index is 13.3. The Hall–Kier alpha value is -3.46. The summed E-state index contributed by atoms with van der Waals surface area (Å²) in [7, 11) is 1.77. The fourth-order valence-corrected chi connectivity index (χ4v) is 5.19. The van der Waals surface area contributed by atoms with Gasteiger partial charge in [0.15, 0.2) is 5.65 Å². The second kappa shape index (κ2) is 7.84. The van der Waals surface area contributed by atoms with Gasteiger partial charge in [0.1, 0.15) is 6.10 Å². The van der Waals surface area contributed by atoms with Gasteiger partial charge in [-0.05, 0) is 49.9 Å². The number of aromatic nitrogens is 5. The summed E-state index contributed by atoms with van der Waals surface area (Å²) < 4.78 is 10.8. The van der Waals surface area contributed by atoms with E-state index in [4.69, 9.17) is 9.72 Å². The van der Waals surface area contributed by atoms with Crippen molar-refractivity contribution in [1.29, 1.82) is 0 Å². The monoisotopic (exact) mass is 446 g/mol. The van der Waals surface area contributed by atoms with Gasteiger partial charge in [0.2, 0.25) is 0 Å². The second-order valence-corrected chi connectivity index (χ2v) is 8.92. The molecule has 0 N–H and O–H groups in total. The minimum absolute atomic E-state index is 0.0467. The molecule has 0 bridgehead atoms. The molecule has 0 aliphatic carbocycles. The minimum atomic E-state index is -0.340. The van der Waals surface area contributed by atoms with E-state index in [0.29, 0.717) is 25.3 Å². The lowest BCUT2D eigenvalue weighted by molar-refractivity contribution is -0.142. The fraction of sp³-hybridized carbons (Fsp3) is 0.417. The Morgan fingerprint density at radius 2 is 2.03 bits per heavy atom. The van der Waals surface area contributed by atoms with Crippen LogP contribution in [0.4, 0.5) is 0 Å². The third-order valence-corrected chi connectivity index (χ3v) is 6.92. The molecule has 2 aliphatic rings. The molecule has 4 aromatic rings. The average Bonchev–Trinajstić information content (AvgIpc) is 3.58. The Morgan fingerprint density at radius 1 is 1.12 bits per heavy atom. The predicted molar refractivity (Wildman–Crippen MR) is 123 cm³/mol. The van der Waals surface area contributed by atoms with Gasteiger partial charge in [-0.1, -0.05) is 6.07 Å². The van der Waals surface area contributed by atoms with Crippen molar-refractivity contribution in [2.75, 3.05) is 19.7 Å². The number of aryl methyl sites for hydroxylation is 1. The van der Waals surface area contributed by atoms with Gasteiger partial charge in [-0.15, -0.1) is 0 Å². The number of amides is 1. The summed E-state index contributed by atoms with van der Waals surface area (Å²) in [6, 6.07) is 9.67. The largest absolute Gasteiger partial charge is 0.368 e. The molecule has 0 spiro atoms. The summed E-state index contributed by atoms with van der Waals surface area (Å²) in [5.74, 6) is 0.0467. The number of piperidine rings is 1. The lowest BCUT2D eigenvalue weighted by Crippen LogP contribution is -2.46. The molecule has 0 saturated carbocycles. The molecule has 33 heavy (non-hydrogen) atoms. The normalized spacial score (nSPS) is 21.3. The number of imidazole rings is 1. The summed E-state index contributed by atoms with van der Waals surface area (Å²) in [5, 5.41) is 4.42. The maximum Gasteiger partial charge on any atom is 0.330 e. The fourth-order valence-electron chi connectivity index (χ4n) is 5.19. The van der Waals surface area contributed by atoms with E-state index in [9.17, 15) is 9.59 Å². The van der Waals surface area contributed by atoms with Crippen molar-refractivity contribution in [1.82, 2.24) is 28.6 Å². The predicted octanol–water partition coefficient (Wildman–Crippen LogP) is 2.39. The molecular formula is C24H26N6O3. The van der Waals surface area contributed by atoms with E-state index < -0.39 is 0 Å². The smallest absolute Gasteiger partial charge is 0.330 e. The highest BCUT2D eigenvalue weighted by molar-refractivity contribution is 5.83. The quantitative estimate of drug-likeness (QED) is 0.482. The van der Waals surface area contributed by atoms with Crippen molar-refractivity contribution in [3.05, 3.63) is 53.2 Å². The Labute approximate surface area is 190 Å². The number of fused-ring (bicyclic) bond motifs is 2. The Kier molecular flexibility index (Phi) is 4.79. The summed E-state index contributed by atoms with van der Waals surface area (Å²) >= 11 is 0. The van der Waals surface area contributed by atoms with Crippen LogP contribution in [0, 0.1) is 0 Å². The second-order valence-electron chi connectivity index (χ2n) is 8.92. The highest BCUT2D eigenvalue weighted by Crippen LogP contribution is 2.29. The molecule has 0 radical (unpaired) electrons. The first-order valence-corrected chi connectivity index (χ1v) is 11.5. The van der Waals surface area contributed by atoms with Crippen molar-refractivity contribution in [2.45, 2.75) is 37.8 Å². The number of ether oxygens (including phenoxy) is 1. The van der Waals surface area contributed by atoms with Gasteiger partial charge in [0.25, 0.3) is 5.91 Å². The molecule has 9 heteroatoms. The summed E-state index contributed by atoms with van der Waals surface area (Å²) in [6.07, 6.45) is 6.74. The first-order chi connectivity index (χ1) is 16.1. The lowest BCUT2D eigenvalue weighted by atomic mass is 10.0. The third-order valence-electron chi connectivity index (χ3n) is 6.92. The Balaban J connectivity index is 1.40. The van der Waals surface area contributed by atoms with E-state index in [1.54, 1.807) is 22.4 Å². The highest BCUT2D eigenvalue weighted by Gasteiger charge is 2.33. The first-order valence-electron chi connectivity index (χ1n) is 11.5. The van der Waals surface area contributed by atoms with Crippen LogP contribution in [0.1, 0.15) is 31.7 Å². The van der Waals surface area contributed by atoms with Crippen LogP contribution in [0.2, 0.25) is 0 Å². The van der Waals surface area contributed by atoms with Crippen molar-refractivity contribution in [2.24, 2.45) is 7.05 Å². The Morgan fingerprint density at radius 3 is 2.88 bits per heavy atom. The molecule has 2 atom stereocenters. The number of nitrogens with zero attached hydrogens (tertiary/aromatic N) is 6. The van der Waals surface area contributed by atoms with Gasteiger partial charge in [-0.3, -0.25) is 13.9 Å². The number of carbonyl (C=O) groups excluding carboxylic acids is 1. The molecule has 9 nitrogen and oxygen atoms in total. The van der Waals surface area contributed by atoms with Crippen LogP contribution >= 0.6 is 0 Å². The number of hydrogen-bond acceptors (Lipinski definition) is 5. The van der Waals surface area contributed by atoms with Crippen LogP contribution in [-0.2, 0) is 16.6 Å². The van der Waals surface area contributed by atoms with Crippen LogP contribution in [-0.4, -0.2) is 60.3 Å². The summed E-state index contributed by atoms with van der Waals surface area (Å²) in [5.41, 5.74) is 3.96. The van der Waals surface area contributed by atoms with Crippen molar-refractivity contribution in [3.63, 3.8) is 0 Å². The van der Waals surface area contributed by atoms with E-state index in [-0.39, 0.29) is 23.7 Å². The lowest BCUT2D eigenvalue weighted by Gasteiger charge is -2.34. The van der Waals surface area contributed by atoms with E-state index in [0.717, 1.165) is 48.0 Å². The van der Waals surface area contributed by atoms with Crippen LogP contribution in [0.3, 0.4) is 0 Å². The van der Waals surface area contributed by atoms with E-state index in [2.05, 4.69) is 5.10 Å². The molecule has 2 fully saturated rings. The van der Waals surface area contributed by atoms with Crippen LogP contribution in [0.5, 0.6) is 0 Å². The van der Waals surface area contributed by atoms with Crippen molar-refractivity contribution >= 4 is 22.6 Å². The molecule has 170 valence electrons. The van der Waals surface area contributed by atoms with Crippen LogP contribution < -0.4 is 5.69 Å². The van der Waals surface area contributed by atoms with Gasteiger partial charge < -0.3 is 9.64 Å². The summed E-state index contributed by atoms with van der Waals surface area (Å²) in [6.45, 7) is 1.85. The van der Waals surface area contributed by atoms with Crippen molar-refractivity contribution < 1.29 is 9.53 Å². The molecule has 2 aliphatic heterocycles. The van der Waals surface area contributed by atoms with E-state index >= 15 is 0 Å². The van der Waals surface area contributed by atoms with Crippen LogP contribution in [0.15, 0.2) is 47.5 Å². The third kappa shape index (κ3) is 3.26. The Bertz CT molecular complexity index is 1410. The molecule has 2 saturated heterocycles. The number of pyridine rings is 2. The molecule has 4 aromatic heterocycles. The van der Waals surface area contributed by atoms with Crippen LogP contribution in [0.25, 0.3) is 27.9 Å². The van der Waals surface area contributed by atoms with E-state index in [1.165, 1.54) is 0 Å². The zero-order valence-corrected chi connectivity index (χ0v) is 18.6. The van der Waals surface area contributed by atoms with E-state index in [1.807, 2.05) is 45.9 Å². The zero-order valence-electron chi connectivity index (χ0n) is 18.6. The maximum absolute atomic E-state index is 13.3. The topological polar surface area (TPSA) is 86.7 Å². The number of rotatable bonds is 3. The summed E-state index contributed by atoms with van der Waals surface area (Å²) in [4.78, 5) is 33.0. The molecule has 0 aromatic carbocycles. The average molecular weight is 447 g/mol. The molecule has 1 amide bonds. The molecule has 6 heterocycles. The standard InChI is InChI=1S/C24H26N6O3/c1-27-20-10-9-18(17-14-25-29-12-3-2-7-19(17)29)26-22(20)30(24(27)32)16-6-4-11-28(15-16)23(31)21-8-5-13-33-21/h2-3,7,9-10,12,14,16,21H,4-6,8,11,13,15H2,1H3. The van der Waals surface area contributed by atoms with Crippen molar-refractivity contribution in [3.8, 4) is 11.3 Å². The number of carbonyl (C=O) groups is 1. The first kappa shape index (κ1) is 20.2. The SMILES string of the molecule is Cn1c(=O)n(C2CCCN(C(=O)C3CCCO3)C2)c2nc(-c3cnn4ccccc34)ccc21. The number of hydrogen-bond donors (Lipinski definition) is 0. The number of likely N-dealkylation sites (tertiary alicyclic amines) is 1.